The second-order valence-electron chi connectivity index (χ2n) is 7.46. The number of nitrogens with one attached hydrogen (secondary N) is 1. The van der Waals surface area contributed by atoms with Gasteiger partial charge in [0.15, 0.2) is 0 Å². The number of hydrogen-bond acceptors (Lipinski definition) is 5. The molecule has 3 rings (SSSR count). The highest BCUT2D eigenvalue weighted by Gasteiger charge is 2.25. The van der Waals surface area contributed by atoms with E-state index in [9.17, 15) is 9.59 Å². The zero-order valence-corrected chi connectivity index (χ0v) is 19.0. The Kier molecular flexibility index (Phi) is 7.89. The number of benzene rings is 2. The van der Waals surface area contributed by atoms with E-state index in [1.807, 2.05) is 75.4 Å². The number of aryl methyl sites for hydroxylation is 1. The summed E-state index contributed by atoms with van der Waals surface area (Å²) in [6.45, 7) is 6.54. The standard InChI is InChI=1S/C24H28N4O2S/c1-4-14-28(23(30)20(5-2)18-11-7-6-8-12-18)16-21(29)25-24-27-26-22(31-24)19-13-9-10-17(3)15-19/h6-13,15,20H,4-5,14,16H2,1-3H3,(H,25,27,29). The van der Waals surface area contributed by atoms with E-state index < -0.39 is 0 Å². The minimum atomic E-state index is -0.267. The van der Waals surface area contributed by atoms with Gasteiger partial charge in [-0.15, -0.1) is 10.2 Å². The number of anilines is 1. The van der Waals surface area contributed by atoms with Gasteiger partial charge in [0, 0.05) is 12.1 Å². The summed E-state index contributed by atoms with van der Waals surface area (Å²) in [5.41, 5.74) is 3.08. The first-order valence-electron chi connectivity index (χ1n) is 10.6. The average Bonchev–Trinajstić information content (AvgIpc) is 3.23. The van der Waals surface area contributed by atoms with E-state index in [1.165, 1.54) is 11.3 Å². The normalized spacial score (nSPS) is 11.7. The molecule has 2 amide bonds. The van der Waals surface area contributed by atoms with Crippen LogP contribution in [0.5, 0.6) is 0 Å². The van der Waals surface area contributed by atoms with Crippen LogP contribution in [-0.4, -0.2) is 40.0 Å². The Morgan fingerprint density at radius 3 is 2.52 bits per heavy atom. The third kappa shape index (κ3) is 5.98. The molecule has 0 aliphatic carbocycles. The Morgan fingerprint density at radius 1 is 1.06 bits per heavy atom. The third-order valence-electron chi connectivity index (χ3n) is 4.98. The Bertz CT molecular complexity index is 1020. The zero-order chi connectivity index (χ0) is 22.2. The first-order chi connectivity index (χ1) is 15.0. The van der Waals surface area contributed by atoms with E-state index in [-0.39, 0.29) is 24.3 Å². The van der Waals surface area contributed by atoms with Gasteiger partial charge < -0.3 is 4.90 Å². The van der Waals surface area contributed by atoms with Gasteiger partial charge in [-0.25, -0.2) is 0 Å². The molecule has 1 heterocycles. The summed E-state index contributed by atoms with van der Waals surface area (Å²) in [4.78, 5) is 27.5. The molecule has 7 heteroatoms. The molecule has 0 saturated heterocycles. The predicted molar refractivity (Wildman–Crippen MR) is 125 cm³/mol. The lowest BCUT2D eigenvalue weighted by atomic mass is 9.95. The number of carbonyl (C=O) groups excluding carboxylic acids is 2. The van der Waals surface area contributed by atoms with Gasteiger partial charge in [0.2, 0.25) is 16.9 Å². The summed E-state index contributed by atoms with van der Waals surface area (Å²) in [6.07, 6.45) is 1.46. The molecule has 0 radical (unpaired) electrons. The van der Waals surface area contributed by atoms with Crippen molar-refractivity contribution in [2.24, 2.45) is 0 Å². The number of carbonyl (C=O) groups is 2. The van der Waals surface area contributed by atoms with E-state index in [4.69, 9.17) is 0 Å². The van der Waals surface area contributed by atoms with E-state index in [0.29, 0.717) is 18.1 Å². The largest absolute Gasteiger partial charge is 0.333 e. The molecule has 162 valence electrons. The Hall–Kier alpha value is -3.06. The summed E-state index contributed by atoms with van der Waals surface area (Å²) in [7, 11) is 0. The highest BCUT2D eigenvalue weighted by Crippen LogP contribution is 2.27. The molecular weight excluding hydrogens is 408 g/mol. The minimum absolute atomic E-state index is 0.00460. The lowest BCUT2D eigenvalue weighted by Gasteiger charge is -2.26. The van der Waals surface area contributed by atoms with Crippen LogP contribution in [0.4, 0.5) is 5.13 Å². The molecule has 0 fully saturated rings. The number of rotatable bonds is 9. The molecular formula is C24H28N4O2S. The summed E-state index contributed by atoms with van der Waals surface area (Å²) >= 11 is 1.32. The predicted octanol–water partition coefficient (Wildman–Crippen LogP) is 4.88. The molecule has 0 aliphatic heterocycles. The molecule has 0 saturated carbocycles. The third-order valence-corrected chi connectivity index (χ3v) is 5.87. The van der Waals surface area contributed by atoms with Gasteiger partial charge in [0.1, 0.15) is 5.01 Å². The molecule has 2 aromatic carbocycles. The van der Waals surface area contributed by atoms with Crippen LogP contribution in [0.15, 0.2) is 54.6 Å². The Balaban J connectivity index is 1.67. The van der Waals surface area contributed by atoms with Gasteiger partial charge in [-0.2, -0.15) is 0 Å². The Morgan fingerprint density at radius 2 is 1.84 bits per heavy atom. The fourth-order valence-corrected chi connectivity index (χ4v) is 4.25. The second-order valence-corrected chi connectivity index (χ2v) is 8.44. The van der Waals surface area contributed by atoms with E-state index >= 15 is 0 Å². The van der Waals surface area contributed by atoms with Crippen molar-refractivity contribution in [3.8, 4) is 10.6 Å². The van der Waals surface area contributed by atoms with Crippen LogP contribution in [0.1, 0.15) is 43.7 Å². The lowest BCUT2D eigenvalue weighted by molar-refractivity contribution is -0.136. The summed E-state index contributed by atoms with van der Waals surface area (Å²) in [6, 6.07) is 17.7. The van der Waals surface area contributed by atoms with Crippen LogP contribution in [-0.2, 0) is 9.59 Å². The van der Waals surface area contributed by atoms with Gasteiger partial charge in [0.25, 0.3) is 0 Å². The Labute approximate surface area is 187 Å². The first-order valence-corrected chi connectivity index (χ1v) is 11.4. The van der Waals surface area contributed by atoms with Gasteiger partial charge in [0.05, 0.1) is 12.5 Å². The molecule has 0 bridgehead atoms. The van der Waals surface area contributed by atoms with E-state index in [2.05, 4.69) is 15.5 Å². The smallest absolute Gasteiger partial charge is 0.245 e. The van der Waals surface area contributed by atoms with Crippen LogP contribution in [0.3, 0.4) is 0 Å². The summed E-state index contributed by atoms with van der Waals surface area (Å²) in [5.74, 6) is -0.546. The van der Waals surface area contributed by atoms with Crippen molar-refractivity contribution in [2.75, 3.05) is 18.4 Å². The quantitative estimate of drug-likeness (QED) is 0.518. The molecule has 3 aromatic rings. The highest BCUT2D eigenvalue weighted by molar-refractivity contribution is 7.18. The zero-order valence-electron chi connectivity index (χ0n) is 18.2. The van der Waals surface area contributed by atoms with Gasteiger partial charge in [-0.3, -0.25) is 14.9 Å². The second kappa shape index (κ2) is 10.8. The maximum absolute atomic E-state index is 13.2. The van der Waals surface area contributed by atoms with E-state index in [1.54, 1.807) is 4.90 Å². The highest BCUT2D eigenvalue weighted by atomic mass is 32.1. The van der Waals surface area contributed by atoms with E-state index in [0.717, 1.165) is 28.1 Å². The topological polar surface area (TPSA) is 75.2 Å². The number of aromatic nitrogens is 2. The van der Waals surface area contributed by atoms with Crippen molar-refractivity contribution in [1.29, 1.82) is 0 Å². The fourth-order valence-electron chi connectivity index (χ4n) is 3.50. The van der Waals surface area contributed by atoms with Crippen LogP contribution in [0, 0.1) is 6.92 Å². The summed E-state index contributed by atoms with van der Waals surface area (Å²) in [5, 5.41) is 12.3. The van der Waals surface area contributed by atoms with Crippen molar-refractivity contribution in [3.05, 3.63) is 65.7 Å². The van der Waals surface area contributed by atoms with Gasteiger partial charge in [-0.05, 0) is 31.4 Å². The van der Waals surface area contributed by atoms with Crippen molar-refractivity contribution in [2.45, 2.75) is 39.5 Å². The van der Waals surface area contributed by atoms with Crippen LogP contribution >= 0.6 is 11.3 Å². The maximum Gasteiger partial charge on any atom is 0.245 e. The SMILES string of the molecule is CCCN(CC(=O)Nc1nnc(-c2cccc(C)c2)s1)C(=O)C(CC)c1ccccc1. The first kappa shape index (κ1) is 22.6. The molecule has 1 atom stereocenters. The van der Waals surface area contributed by atoms with Crippen LogP contribution in [0.2, 0.25) is 0 Å². The molecule has 31 heavy (non-hydrogen) atoms. The minimum Gasteiger partial charge on any atom is -0.333 e. The monoisotopic (exact) mass is 436 g/mol. The molecule has 1 N–H and O–H groups in total. The van der Waals surface area contributed by atoms with Crippen molar-refractivity contribution < 1.29 is 9.59 Å². The van der Waals surface area contributed by atoms with Gasteiger partial charge >= 0.3 is 0 Å². The average molecular weight is 437 g/mol. The number of amides is 2. The molecule has 6 nitrogen and oxygen atoms in total. The van der Waals surface area contributed by atoms with Gasteiger partial charge in [-0.1, -0.05) is 79.3 Å². The van der Waals surface area contributed by atoms with Crippen molar-refractivity contribution in [3.63, 3.8) is 0 Å². The van der Waals surface area contributed by atoms with Crippen LogP contribution < -0.4 is 5.32 Å². The number of nitrogens with zero attached hydrogens (tertiary/aromatic N) is 3. The van der Waals surface area contributed by atoms with Crippen LogP contribution in [0.25, 0.3) is 10.6 Å². The molecule has 1 unspecified atom stereocenters. The molecule has 1 aromatic heterocycles. The van der Waals surface area contributed by atoms with Crippen molar-refractivity contribution in [1.82, 2.24) is 15.1 Å². The fraction of sp³-hybridized carbons (Fsp3) is 0.333. The molecule has 0 spiro atoms. The maximum atomic E-state index is 13.2. The lowest BCUT2D eigenvalue weighted by Crippen LogP contribution is -2.41. The number of hydrogen-bond donors (Lipinski definition) is 1. The van der Waals surface area contributed by atoms with Crippen molar-refractivity contribution >= 4 is 28.3 Å². The molecule has 0 aliphatic rings. The summed E-state index contributed by atoms with van der Waals surface area (Å²) < 4.78 is 0.